The molecule has 164 valence electrons. The number of unbranched alkanes of at least 4 members (excludes halogenated alkanes) is 1. The number of aryl methyl sites for hydroxylation is 3. The van der Waals surface area contributed by atoms with E-state index in [4.69, 9.17) is 4.74 Å². The van der Waals surface area contributed by atoms with Gasteiger partial charge in [-0.05, 0) is 61.6 Å². The molecule has 2 aromatic heterocycles. The molecule has 0 bridgehead atoms. The van der Waals surface area contributed by atoms with Gasteiger partial charge in [0.05, 0.1) is 18.7 Å². The van der Waals surface area contributed by atoms with Gasteiger partial charge in [0, 0.05) is 24.4 Å². The van der Waals surface area contributed by atoms with Crippen LogP contribution in [0.25, 0.3) is 0 Å². The molecule has 0 unspecified atom stereocenters. The minimum absolute atomic E-state index is 0.0407. The summed E-state index contributed by atoms with van der Waals surface area (Å²) in [5, 5.41) is 23.1. The number of phenols is 1. The van der Waals surface area contributed by atoms with Crippen LogP contribution >= 0.6 is 0 Å². The lowest BCUT2D eigenvalue weighted by molar-refractivity contribution is 0.101. The Kier molecular flexibility index (Phi) is 8.09. The number of hydrogen-bond acceptors (Lipinski definition) is 7. The summed E-state index contributed by atoms with van der Waals surface area (Å²) in [7, 11) is 0. The Bertz CT molecular complexity index is 988. The van der Waals surface area contributed by atoms with Crippen molar-refractivity contribution in [3.63, 3.8) is 0 Å². The molecule has 3 aromatic rings. The van der Waals surface area contributed by atoms with E-state index in [1.54, 1.807) is 23.1 Å². The number of phenolic OH excluding ortho intramolecular Hbond substituents is 1. The summed E-state index contributed by atoms with van der Waals surface area (Å²) in [6.45, 7) is 4.67. The molecule has 0 saturated heterocycles. The first kappa shape index (κ1) is 22.4. The third kappa shape index (κ3) is 6.34. The van der Waals surface area contributed by atoms with Gasteiger partial charge in [-0.15, -0.1) is 10.2 Å². The van der Waals surface area contributed by atoms with E-state index in [0.29, 0.717) is 36.4 Å². The number of ether oxygens (including phenoxy) is 1. The number of carbonyl (C=O) groups excluding carboxylic acids is 1. The van der Waals surface area contributed by atoms with Crippen molar-refractivity contribution in [3.8, 4) is 11.5 Å². The van der Waals surface area contributed by atoms with E-state index >= 15 is 0 Å². The zero-order chi connectivity index (χ0) is 22.1. The highest BCUT2D eigenvalue weighted by Crippen LogP contribution is 2.33. The molecule has 0 radical (unpaired) electrons. The van der Waals surface area contributed by atoms with E-state index in [1.807, 2.05) is 25.3 Å². The maximum Gasteiger partial charge on any atom is 0.174 e. The number of rotatable bonds is 12. The molecular formula is C23H29N5O3. The van der Waals surface area contributed by atoms with E-state index in [9.17, 15) is 9.90 Å². The number of aromatic nitrogens is 5. The van der Waals surface area contributed by atoms with Gasteiger partial charge in [0.15, 0.2) is 11.6 Å². The zero-order valence-corrected chi connectivity index (χ0v) is 18.1. The Morgan fingerprint density at radius 2 is 2.03 bits per heavy atom. The molecule has 0 atom stereocenters. The molecule has 0 fully saturated rings. The normalized spacial score (nSPS) is 10.9. The molecular weight excluding hydrogens is 394 g/mol. The molecule has 31 heavy (non-hydrogen) atoms. The highest BCUT2D eigenvalue weighted by Gasteiger charge is 2.15. The van der Waals surface area contributed by atoms with Crippen molar-refractivity contribution in [1.82, 2.24) is 25.2 Å². The Balaban J connectivity index is 1.44. The molecule has 0 aliphatic rings. The topological polar surface area (TPSA) is 103 Å². The summed E-state index contributed by atoms with van der Waals surface area (Å²) in [6, 6.07) is 7.35. The highest BCUT2D eigenvalue weighted by molar-refractivity contribution is 5.97. The molecule has 2 heterocycles. The van der Waals surface area contributed by atoms with E-state index in [-0.39, 0.29) is 11.5 Å². The van der Waals surface area contributed by atoms with Crippen molar-refractivity contribution in [3.05, 3.63) is 59.2 Å². The Hall–Kier alpha value is -3.29. The first-order valence-corrected chi connectivity index (χ1v) is 10.7. The number of benzene rings is 1. The van der Waals surface area contributed by atoms with Gasteiger partial charge in [0.2, 0.25) is 0 Å². The summed E-state index contributed by atoms with van der Waals surface area (Å²) in [5.41, 5.74) is 2.19. The van der Waals surface area contributed by atoms with Gasteiger partial charge in [-0.1, -0.05) is 19.4 Å². The lowest BCUT2D eigenvalue weighted by atomic mass is 10.0. The molecule has 1 aromatic carbocycles. The predicted octanol–water partition coefficient (Wildman–Crippen LogP) is 3.57. The largest absolute Gasteiger partial charge is 0.507 e. The Morgan fingerprint density at radius 1 is 1.16 bits per heavy atom. The van der Waals surface area contributed by atoms with Crippen LogP contribution < -0.4 is 4.74 Å². The lowest BCUT2D eigenvalue weighted by Crippen LogP contribution is -2.06. The van der Waals surface area contributed by atoms with E-state index < -0.39 is 0 Å². The molecule has 3 rings (SSSR count). The van der Waals surface area contributed by atoms with Crippen molar-refractivity contribution in [2.24, 2.45) is 0 Å². The van der Waals surface area contributed by atoms with Gasteiger partial charge in [-0.25, -0.2) is 0 Å². The van der Waals surface area contributed by atoms with Crippen molar-refractivity contribution < 1.29 is 14.6 Å². The van der Waals surface area contributed by atoms with Gasteiger partial charge in [0.25, 0.3) is 0 Å². The SMILES string of the molecule is CCCc1c(OCCCCc2nnn(CCc3cccnc3)n2)ccc(C(C)=O)c1O. The number of ketones is 1. The summed E-state index contributed by atoms with van der Waals surface area (Å²) in [4.78, 5) is 17.4. The van der Waals surface area contributed by atoms with Crippen LogP contribution in [0.2, 0.25) is 0 Å². The van der Waals surface area contributed by atoms with Crippen LogP contribution in [-0.4, -0.2) is 42.7 Å². The third-order valence-corrected chi connectivity index (χ3v) is 4.99. The number of hydrogen-bond donors (Lipinski definition) is 1. The Morgan fingerprint density at radius 3 is 2.77 bits per heavy atom. The van der Waals surface area contributed by atoms with Crippen LogP contribution in [0.3, 0.4) is 0 Å². The fourth-order valence-corrected chi connectivity index (χ4v) is 3.34. The molecule has 0 saturated carbocycles. The van der Waals surface area contributed by atoms with Crippen LogP contribution in [0.1, 0.15) is 60.4 Å². The third-order valence-electron chi connectivity index (χ3n) is 4.99. The number of pyridine rings is 1. The lowest BCUT2D eigenvalue weighted by Gasteiger charge is -2.14. The maximum atomic E-state index is 11.7. The first-order valence-electron chi connectivity index (χ1n) is 10.7. The number of Topliss-reactive ketones (excluding diaryl/α,β-unsaturated/α-hetero) is 1. The summed E-state index contributed by atoms with van der Waals surface area (Å²) < 4.78 is 5.90. The van der Waals surface area contributed by atoms with Crippen LogP contribution in [0.15, 0.2) is 36.7 Å². The zero-order valence-electron chi connectivity index (χ0n) is 18.1. The second-order valence-electron chi connectivity index (χ2n) is 7.46. The van der Waals surface area contributed by atoms with Gasteiger partial charge in [-0.3, -0.25) is 9.78 Å². The number of nitrogens with zero attached hydrogens (tertiary/aromatic N) is 5. The Labute approximate surface area is 182 Å². The second kappa shape index (κ2) is 11.2. The molecule has 0 aliphatic heterocycles. The quantitative estimate of drug-likeness (QED) is 0.351. The summed E-state index contributed by atoms with van der Waals surface area (Å²) in [5.74, 6) is 1.26. The van der Waals surface area contributed by atoms with Gasteiger partial charge < -0.3 is 9.84 Å². The van der Waals surface area contributed by atoms with Crippen LogP contribution in [-0.2, 0) is 25.8 Å². The fourth-order valence-electron chi connectivity index (χ4n) is 3.34. The van der Waals surface area contributed by atoms with Crippen LogP contribution in [0.4, 0.5) is 0 Å². The molecule has 0 aliphatic carbocycles. The summed E-state index contributed by atoms with van der Waals surface area (Å²) in [6.07, 6.45) is 8.35. The number of carbonyl (C=O) groups is 1. The monoisotopic (exact) mass is 423 g/mol. The van der Waals surface area contributed by atoms with E-state index in [2.05, 4.69) is 20.4 Å². The van der Waals surface area contributed by atoms with Crippen molar-refractivity contribution >= 4 is 5.78 Å². The summed E-state index contributed by atoms with van der Waals surface area (Å²) >= 11 is 0. The molecule has 8 nitrogen and oxygen atoms in total. The minimum Gasteiger partial charge on any atom is -0.507 e. The maximum absolute atomic E-state index is 11.7. The van der Waals surface area contributed by atoms with Gasteiger partial charge in [0.1, 0.15) is 11.5 Å². The van der Waals surface area contributed by atoms with Crippen LogP contribution in [0, 0.1) is 0 Å². The molecule has 8 heteroatoms. The molecule has 0 amide bonds. The molecule has 1 N–H and O–H groups in total. The van der Waals surface area contributed by atoms with Gasteiger partial charge >= 0.3 is 0 Å². The minimum atomic E-state index is -0.151. The standard InChI is InChI=1S/C23H29N5O3/c1-3-7-20-21(11-10-19(17(2)29)23(20)30)31-15-5-4-9-22-25-27-28(26-22)14-12-18-8-6-13-24-16-18/h6,8,10-11,13,16,30H,3-5,7,9,12,14-15H2,1-2H3. The van der Waals surface area contributed by atoms with Crippen molar-refractivity contribution in [2.45, 2.75) is 58.9 Å². The van der Waals surface area contributed by atoms with E-state index in [1.165, 1.54) is 6.92 Å². The number of aromatic hydroxyl groups is 1. The highest BCUT2D eigenvalue weighted by atomic mass is 16.5. The fraction of sp³-hybridized carbons (Fsp3) is 0.435. The average molecular weight is 424 g/mol. The predicted molar refractivity (Wildman–Crippen MR) is 116 cm³/mol. The molecule has 0 spiro atoms. The number of tetrazole rings is 1. The van der Waals surface area contributed by atoms with Crippen LogP contribution in [0.5, 0.6) is 11.5 Å². The van der Waals surface area contributed by atoms with Gasteiger partial charge in [-0.2, -0.15) is 4.80 Å². The van der Waals surface area contributed by atoms with E-state index in [0.717, 1.165) is 43.5 Å². The smallest absolute Gasteiger partial charge is 0.174 e. The average Bonchev–Trinajstić information content (AvgIpc) is 3.22. The second-order valence-corrected chi connectivity index (χ2v) is 7.46. The first-order chi connectivity index (χ1) is 15.1. The van der Waals surface area contributed by atoms with Crippen molar-refractivity contribution in [2.75, 3.05) is 6.61 Å². The van der Waals surface area contributed by atoms with Crippen molar-refractivity contribution in [1.29, 1.82) is 0 Å².